The van der Waals surface area contributed by atoms with Gasteiger partial charge in [0.15, 0.2) is 0 Å². The molecule has 0 bridgehead atoms. The van der Waals surface area contributed by atoms with Crippen LogP contribution >= 0.6 is 27.3 Å². The lowest BCUT2D eigenvalue weighted by Crippen LogP contribution is -2.12. The summed E-state index contributed by atoms with van der Waals surface area (Å²) in [4.78, 5) is 1.21. The summed E-state index contributed by atoms with van der Waals surface area (Å²) >= 11 is 5.19. The third-order valence-corrected chi connectivity index (χ3v) is 5.34. The quantitative estimate of drug-likeness (QED) is 0.875. The van der Waals surface area contributed by atoms with E-state index in [4.69, 9.17) is 0 Å². The van der Waals surface area contributed by atoms with Gasteiger partial charge in [0.1, 0.15) is 0 Å². The SMILES string of the molecule is Cc1sc(Br)cc1C(O)C1Cc2ccccc2C1. The van der Waals surface area contributed by atoms with Gasteiger partial charge in [-0.1, -0.05) is 24.3 Å². The molecule has 1 N–H and O–H groups in total. The van der Waals surface area contributed by atoms with Crippen LogP contribution in [0.3, 0.4) is 0 Å². The monoisotopic (exact) mass is 322 g/mol. The van der Waals surface area contributed by atoms with Gasteiger partial charge in [-0.3, -0.25) is 0 Å². The van der Waals surface area contributed by atoms with Crippen LogP contribution in [0.5, 0.6) is 0 Å². The van der Waals surface area contributed by atoms with Gasteiger partial charge in [0.05, 0.1) is 9.89 Å². The van der Waals surface area contributed by atoms with E-state index >= 15 is 0 Å². The standard InChI is InChI=1S/C15H15BrOS/c1-9-13(8-14(16)18-9)15(17)12-6-10-4-2-3-5-11(10)7-12/h2-5,8,12,15,17H,6-7H2,1H3. The number of hydrogen-bond donors (Lipinski definition) is 1. The molecule has 3 rings (SSSR count). The van der Waals surface area contributed by atoms with E-state index < -0.39 is 0 Å². The lowest BCUT2D eigenvalue weighted by molar-refractivity contribution is 0.113. The van der Waals surface area contributed by atoms with Crippen molar-refractivity contribution in [2.75, 3.05) is 0 Å². The molecular formula is C15H15BrOS. The minimum Gasteiger partial charge on any atom is -0.388 e. The summed E-state index contributed by atoms with van der Waals surface area (Å²) in [7, 11) is 0. The zero-order valence-electron chi connectivity index (χ0n) is 10.2. The summed E-state index contributed by atoms with van der Waals surface area (Å²) in [6.45, 7) is 2.08. The number of aryl methyl sites for hydroxylation is 1. The molecule has 0 saturated heterocycles. The van der Waals surface area contributed by atoms with E-state index in [-0.39, 0.29) is 6.10 Å². The average Bonchev–Trinajstić information content (AvgIpc) is 2.91. The number of benzene rings is 1. The Bertz CT molecular complexity index is 551. The minimum atomic E-state index is -0.347. The summed E-state index contributed by atoms with van der Waals surface area (Å²) in [5.41, 5.74) is 3.88. The van der Waals surface area contributed by atoms with Crippen molar-refractivity contribution in [3.8, 4) is 0 Å². The molecule has 1 aromatic carbocycles. The lowest BCUT2D eigenvalue weighted by Gasteiger charge is -2.17. The zero-order chi connectivity index (χ0) is 12.7. The largest absolute Gasteiger partial charge is 0.388 e. The van der Waals surface area contributed by atoms with Gasteiger partial charge >= 0.3 is 0 Å². The van der Waals surface area contributed by atoms with Crippen molar-refractivity contribution in [3.63, 3.8) is 0 Å². The van der Waals surface area contributed by atoms with Crippen molar-refractivity contribution in [2.45, 2.75) is 25.9 Å². The predicted octanol–water partition coefficient (Wildman–Crippen LogP) is 4.27. The molecule has 0 spiro atoms. The topological polar surface area (TPSA) is 20.2 Å². The van der Waals surface area contributed by atoms with Crippen LogP contribution in [0.1, 0.15) is 27.7 Å². The maximum absolute atomic E-state index is 10.6. The highest BCUT2D eigenvalue weighted by atomic mass is 79.9. The van der Waals surface area contributed by atoms with Crippen molar-refractivity contribution in [1.29, 1.82) is 0 Å². The van der Waals surface area contributed by atoms with Crippen LogP contribution in [0.2, 0.25) is 0 Å². The van der Waals surface area contributed by atoms with E-state index in [2.05, 4.69) is 53.2 Å². The highest BCUT2D eigenvalue weighted by Gasteiger charge is 2.29. The normalized spacial score (nSPS) is 16.8. The van der Waals surface area contributed by atoms with Crippen LogP contribution in [0.4, 0.5) is 0 Å². The van der Waals surface area contributed by atoms with E-state index in [1.54, 1.807) is 11.3 Å². The molecule has 1 atom stereocenters. The molecule has 1 nitrogen and oxygen atoms in total. The van der Waals surface area contributed by atoms with Gasteiger partial charge < -0.3 is 5.11 Å². The number of aliphatic hydroxyl groups is 1. The molecule has 94 valence electrons. The Morgan fingerprint density at radius 1 is 1.28 bits per heavy atom. The first-order valence-electron chi connectivity index (χ1n) is 6.16. The van der Waals surface area contributed by atoms with Crippen molar-refractivity contribution in [2.24, 2.45) is 5.92 Å². The first-order valence-corrected chi connectivity index (χ1v) is 7.77. The first kappa shape index (κ1) is 12.4. The molecule has 1 aliphatic carbocycles. The average molecular weight is 323 g/mol. The Labute approximate surface area is 120 Å². The molecule has 1 heterocycles. The Morgan fingerprint density at radius 3 is 2.39 bits per heavy atom. The molecule has 1 aliphatic rings. The fourth-order valence-corrected chi connectivity index (χ4v) is 4.57. The second kappa shape index (κ2) is 4.80. The molecule has 3 heteroatoms. The van der Waals surface area contributed by atoms with E-state index in [0.29, 0.717) is 5.92 Å². The highest BCUT2D eigenvalue weighted by molar-refractivity contribution is 9.11. The Kier molecular flexibility index (Phi) is 3.31. The smallest absolute Gasteiger partial charge is 0.0835 e. The first-order chi connectivity index (χ1) is 8.65. The summed E-state index contributed by atoms with van der Waals surface area (Å²) in [5.74, 6) is 0.322. The van der Waals surface area contributed by atoms with E-state index in [0.717, 1.165) is 22.2 Å². The fraction of sp³-hybridized carbons (Fsp3) is 0.333. The Morgan fingerprint density at radius 2 is 1.89 bits per heavy atom. The van der Waals surface area contributed by atoms with E-state index in [1.165, 1.54) is 16.0 Å². The second-order valence-corrected chi connectivity index (χ2v) is 7.58. The molecule has 1 aromatic heterocycles. The lowest BCUT2D eigenvalue weighted by atomic mass is 9.94. The van der Waals surface area contributed by atoms with Gasteiger partial charge in [-0.25, -0.2) is 0 Å². The van der Waals surface area contributed by atoms with Crippen LogP contribution in [0.15, 0.2) is 34.1 Å². The number of thiophene rings is 1. The molecule has 0 fully saturated rings. The number of fused-ring (bicyclic) bond motifs is 1. The third kappa shape index (κ3) is 2.15. The molecule has 0 saturated carbocycles. The molecule has 0 amide bonds. The van der Waals surface area contributed by atoms with Crippen molar-refractivity contribution < 1.29 is 5.11 Å². The summed E-state index contributed by atoms with van der Waals surface area (Å²) < 4.78 is 1.10. The van der Waals surface area contributed by atoms with Crippen molar-refractivity contribution in [1.82, 2.24) is 0 Å². The van der Waals surface area contributed by atoms with Crippen LogP contribution in [0, 0.1) is 12.8 Å². The van der Waals surface area contributed by atoms with Gasteiger partial charge in [-0.05, 0) is 64.4 Å². The minimum absolute atomic E-state index is 0.322. The zero-order valence-corrected chi connectivity index (χ0v) is 12.6. The number of halogens is 1. The van der Waals surface area contributed by atoms with Crippen LogP contribution in [-0.2, 0) is 12.8 Å². The van der Waals surface area contributed by atoms with Crippen molar-refractivity contribution in [3.05, 3.63) is 55.7 Å². The predicted molar refractivity (Wildman–Crippen MR) is 79.1 cm³/mol. The van der Waals surface area contributed by atoms with Crippen LogP contribution in [-0.4, -0.2) is 5.11 Å². The van der Waals surface area contributed by atoms with E-state index in [9.17, 15) is 5.11 Å². The number of hydrogen-bond acceptors (Lipinski definition) is 2. The fourth-order valence-electron chi connectivity index (χ4n) is 2.82. The molecular weight excluding hydrogens is 308 g/mol. The summed E-state index contributed by atoms with van der Waals surface area (Å²) in [6.07, 6.45) is 1.63. The Hall–Kier alpha value is -0.640. The van der Waals surface area contributed by atoms with Crippen LogP contribution in [0.25, 0.3) is 0 Å². The Balaban J connectivity index is 1.84. The van der Waals surface area contributed by atoms with Gasteiger partial charge in [0.25, 0.3) is 0 Å². The van der Waals surface area contributed by atoms with Gasteiger partial charge in [0.2, 0.25) is 0 Å². The number of aliphatic hydroxyl groups excluding tert-OH is 1. The molecule has 2 aromatic rings. The van der Waals surface area contributed by atoms with Crippen LogP contribution < -0.4 is 0 Å². The third-order valence-electron chi connectivity index (χ3n) is 3.77. The van der Waals surface area contributed by atoms with Gasteiger partial charge in [-0.2, -0.15) is 0 Å². The highest BCUT2D eigenvalue weighted by Crippen LogP contribution is 2.39. The number of rotatable bonds is 2. The maximum atomic E-state index is 10.6. The van der Waals surface area contributed by atoms with Crippen molar-refractivity contribution >= 4 is 27.3 Å². The molecule has 0 radical (unpaired) electrons. The molecule has 1 unspecified atom stereocenters. The second-order valence-electron chi connectivity index (χ2n) is 4.94. The summed E-state index contributed by atoms with van der Waals surface area (Å²) in [5, 5.41) is 10.6. The van der Waals surface area contributed by atoms with Gasteiger partial charge in [-0.15, -0.1) is 11.3 Å². The maximum Gasteiger partial charge on any atom is 0.0835 e. The molecule has 18 heavy (non-hydrogen) atoms. The molecule has 0 aliphatic heterocycles. The van der Waals surface area contributed by atoms with E-state index in [1.807, 2.05) is 0 Å². The summed E-state index contributed by atoms with van der Waals surface area (Å²) in [6, 6.07) is 10.6. The van der Waals surface area contributed by atoms with Gasteiger partial charge in [0, 0.05) is 4.88 Å².